The van der Waals surface area contributed by atoms with E-state index in [0.717, 1.165) is 38.9 Å². The van der Waals surface area contributed by atoms with Crippen molar-refractivity contribution in [1.29, 1.82) is 0 Å². The maximum atomic E-state index is 12.4. The highest BCUT2D eigenvalue weighted by Gasteiger charge is 2.24. The number of hydrogen-bond acceptors (Lipinski definition) is 2. The molecule has 0 aliphatic carbocycles. The van der Waals surface area contributed by atoms with Crippen LogP contribution in [0.4, 0.5) is 0 Å². The van der Waals surface area contributed by atoms with Crippen molar-refractivity contribution >= 4 is 5.91 Å². The summed E-state index contributed by atoms with van der Waals surface area (Å²) < 4.78 is 0. The van der Waals surface area contributed by atoms with E-state index in [1.807, 2.05) is 18.2 Å². The molecule has 1 saturated heterocycles. The minimum absolute atomic E-state index is 0.304. The predicted octanol–water partition coefficient (Wildman–Crippen LogP) is 2.57. The molecule has 19 heavy (non-hydrogen) atoms. The lowest BCUT2D eigenvalue weighted by molar-refractivity contribution is -0.134. The number of hydrogen-bond donors (Lipinski definition) is 1. The van der Waals surface area contributed by atoms with Gasteiger partial charge < -0.3 is 10.2 Å². The van der Waals surface area contributed by atoms with Gasteiger partial charge in [0.05, 0.1) is 0 Å². The van der Waals surface area contributed by atoms with E-state index in [9.17, 15) is 4.79 Å². The monoisotopic (exact) mass is 260 g/mol. The third-order valence-corrected chi connectivity index (χ3v) is 3.73. The topological polar surface area (TPSA) is 32.3 Å². The van der Waals surface area contributed by atoms with Gasteiger partial charge in [0, 0.05) is 19.0 Å². The van der Waals surface area contributed by atoms with Crippen molar-refractivity contribution in [2.75, 3.05) is 13.1 Å². The molecule has 1 heterocycles. The summed E-state index contributed by atoms with van der Waals surface area (Å²) in [6.45, 7) is 4.87. The van der Waals surface area contributed by atoms with Crippen LogP contribution in [-0.4, -0.2) is 29.9 Å². The standard InChI is InChI=1S/C16H24N2O/c1-2-6-16(19)18(15-9-11-17-12-10-15)13-14-7-4-3-5-8-14/h3-5,7-8,15,17H,2,6,9-13H2,1H3. The molecule has 3 nitrogen and oxygen atoms in total. The molecule has 0 atom stereocenters. The molecule has 1 aromatic rings. The lowest BCUT2D eigenvalue weighted by atomic mass is 10.0. The highest BCUT2D eigenvalue weighted by atomic mass is 16.2. The minimum atomic E-state index is 0.304. The smallest absolute Gasteiger partial charge is 0.223 e. The number of carbonyl (C=O) groups excluding carboxylic acids is 1. The Morgan fingerprint density at radius 1 is 1.26 bits per heavy atom. The lowest BCUT2D eigenvalue weighted by Gasteiger charge is -2.35. The molecule has 1 N–H and O–H groups in total. The predicted molar refractivity (Wildman–Crippen MR) is 77.8 cm³/mol. The molecular weight excluding hydrogens is 236 g/mol. The SMILES string of the molecule is CCCC(=O)N(Cc1ccccc1)C1CCNCC1. The molecule has 0 aromatic heterocycles. The largest absolute Gasteiger partial charge is 0.335 e. The normalized spacial score (nSPS) is 16.3. The quantitative estimate of drug-likeness (QED) is 0.882. The summed E-state index contributed by atoms with van der Waals surface area (Å²) in [6.07, 6.45) is 3.73. The van der Waals surface area contributed by atoms with Crippen molar-refractivity contribution in [1.82, 2.24) is 10.2 Å². The Labute approximate surface area is 116 Å². The van der Waals surface area contributed by atoms with E-state index < -0.39 is 0 Å². The van der Waals surface area contributed by atoms with Crippen LogP contribution in [0.2, 0.25) is 0 Å². The Morgan fingerprint density at radius 3 is 2.58 bits per heavy atom. The fourth-order valence-corrected chi connectivity index (χ4v) is 2.68. The lowest BCUT2D eigenvalue weighted by Crippen LogP contribution is -2.45. The van der Waals surface area contributed by atoms with E-state index in [1.165, 1.54) is 5.56 Å². The average Bonchev–Trinajstić information content (AvgIpc) is 2.47. The van der Waals surface area contributed by atoms with E-state index in [2.05, 4.69) is 29.3 Å². The van der Waals surface area contributed by atoms with E-state index in [4.69, 9.17) is 0 Å². The first kappa shape index (κ1) is 14.1. The van der Waals surface area contributed by atoms with Crippen LogP contribution < -0.4 is 5.32 Å². The van der Waals surface area contributed by atoms with Crippen molar-refractivity contribution in [3.05, 3.63) is 35.9 Å². The van der Waals surface area contributed by atoms with Gasteiger partial charge in [-0.1, -0.05) is 37.3 Å². The fourth-order valence-electron chi connectivity index (χ4n) is 2.68. The molecule has 0 radical (unpaired) electrons. The molecule has 1 aromatic carbocycles. The Kier molecular flexibility index (Phi) is 5.40. The van der Waals surface area contributed by atoms with Gasteiger partial charge in [-0.3, -0.25) is 4.79 Å². The molecule has 1 fully saturated rings. The van der Waals surface area contributed by atoms with Crippen LogP contribution in [-0.2, 0) is 11.3 Å². The van der Waals surface area contributed by atoms with Crippen molar-refractivity contribution in [3.63, 3.8) is 0 Å². The number of nitrogens with zero attached hydrogens (tertiary/aromatic N) is 1. The first-order valence-corrected chi connectivity index (χ1v) is 7.35. The summed E-state index contributed by atoms with van der Waals surface area (Å²) in [4.78, 5) is 14.4. The van der Waals surface area contributed by atoms with Crippen LogP contribution in [0.15, 0.2) is 30.3 Å². The molecule has 1 aliphatic heterocycles. The number of carbonyl (C=O) groups is 1. The van der Waals surface area contributed by atoms with Crippen LogP contribution in [0.1, 0.15) is 38.2 Å². The zero-order valence-corrected chi connectivity index (χ0v) is 11.8. The summed E-state index contributed by atoms with van der Waals surface area (Å²) in [5.74, 6) is 0.304. The molecule has 0 spiro atoms. The zero-order chi connectivity index (χ0) is 13.5. The fraction of sp³-hybridized carbons (Fsp3) is 0.562. The zero-order valence-electron chi connectivity index (χ0n) is 11.8. The summed E-state index contributed by atoms with van der Waals surface area (Å²) in [5, 5.41) is 3.37. The van der Waals surface area contributed by atoms with Gasteiger partial charge in [-0.05, 0) is 37.9 Å². The molecule has 3 heteroatoms. The van der Waals surface area contributed by atoms with Gasteiger partial charge >= 0.3 is 0 Å². The van der Waals surface area contributed by atoms with Gasteiger partial charge in [0.2, 0.25) is 5.91 Å². The van der Waals surface area contributed by atoms with Crippen LogP contribution >= 0.6 is 0 Å². The van der Waals surface area contributed by atoms with Gasteiger partial charge in [-0.15, -0.1) is 0 Å². The highest BCUT2D eigenvalue weighted by molar-refractivity contribution is 5.76. The number of benzene rings is 1. The molecule has 104 valence electrons. The molecule has 0 saturated carbocycles. The highest BCUT2D eigenvalue weighted by Crippen LogP contribution is 2.17. The first-order chi connectivity index (χ1) is 9.31. The number of nitrogens with one attached hydrogen (secondary N) is 1. The second kappa shape index (κ2) is 7.29. The summed E-state index contributed by atoms with van der Waals surface area (Å²) >= 11 is 0. The van der Waals surface area contributed by atoms with Gasteiger partial charge in [0.1, 0.15) is 0 Å². The molecule has 1 aliphatic rings. The molecule has 1 amide bonds. The van der Waals surface area contributed by atoms with Crippen molar-refractivity contribution in [2.24, 2.45) is 0 Å². The molecule has 0 bridgehead atoms. The molecular formula is C16H24N2O. The average molecular weight is 260 g/mol. The Balaban J connectivity index is 2.06. The van der Waals surface area contributed by atoms with Crippen LogP contribution in [0, 0.1) is 0 Å². The summed E-state index contributed by atoms with van der Waals surface area (Å²) in [7, 11) is 0. The van der Waals surface area contributed by atoms with Crippen molar-refractivity contribution in [3.8, 4) is 0 Å². The number of piperidine rings is 1. The Hall–Kier alpha value is -1.35. The van der Waals surface area contributed by atoms with Gasteiger partial charge in [-0.2, -0.15) is 0 Å². The first-order valence-electron chi connectivity index (χ1n) is 7.35. The van der Waals surface area contributed by atoms with E-state index in [1.54, 1.807) is 0 Å². The maximum absolute atomic E-state index is 12.4. The third kappa shape index (κ3) is 4.06. The van der Waals surface area contributed by atoms with E-state index in [-0.39, 0.29) is 0 Å². The van der Waals surface area contributed by atoms with E-state index >= 15 is 0 Å². The van der Waals surface area contributed by atoms with Crippen LogP contribution in [0.5, 0.6) is 0 Å². The van der Waals surface area contributed by atoms with Gasteiger partial charge in [0.15, 0.2) is 0 Å². The third-order valence-electron chi connectivity index (χ3n) is 3.73. The summed E-state index contributed by atoms with van der Waals surface area (Å²) in [6, 6.07) is 10.7. The Bertz CT molecular complexity index is 385. The minimum Gasteiger partial charge on any atom is -0.335 e. The maximum Gasteiger partial charge on any atom is 0.223 e. The van der Waals surface area contributed by atoms with Crippen molar-refractivity contribution < 1.29 is 4.79 Å². The van der Waals surface area contributed by atoms with Crippen molar-refractivity contribution in [2.45, 2.75) is 45.2 Å². The van der Waals surface area contributed by atoms with Gasteiger partial charge in [-0.25, -0.2) is 0 Å². The molecule has 2 rings (SSSR count). The Morgan fingerprint density at radius 2 is 1.95 bits per heavy atom. The second-order valence-electron chi connectivity index (χ2n) is 5.24. The molecule has 0 unspecified atom stereocenters. The summed E-state index contributed by atoms with van der Waals surface area (Å²) in [5.41, 5.74) is 1.23. The number of rotatable bonds is 5. The van der Waals surface area contributed by atoms with Crippen LogP contribution in [0.3, 0.4) is 0 Å². The number of amides is 1. The van der Waals surface area contributed by atoms with Gasteiger partial charge in [0.25, 0.3) is 0 Å². The van der Waals surface area contributed by atoms with Crippen LogP contribution in [0.25, 0.3) is 0 Å². The van der Waals surface area contributed by atoms with E-state index in [0.29, 0.717) is 18.4 Å². The second-order valence-corrected chi connectivity index (χ2v) is 5.24.